The number of aryl methyl sites for hydroxylation is 1. The summed E-state index contributed by atoms with van der Waals surface area (Å²) in [7, 11) is 0. The van der Waals surface area contributed by atoms with Gasteiger partial charge in [-0.05, 0) is 36.3 Å². The van der Waals surface area contributed by atoms with Gasteiger partial charge in [-0.1, -0.05) is 46.0 Å². The predicted molar refractivity (Wildman–Crippen MR) is 61.3 cm³/mol. The highest BCUT2D eigenvalue weighted by Crippen LogP contribution is 2.30. The van der Waals surface area contributed by atoms with Gasteiger partial charge in [-0.3, -0.25) is 0 Å². The average molecular weight is 178 g/mol. The summed E-state index contributed by atoms with van der Waals surface area (Å²) in [6.45, 7) is 2.33. The second-order valence-corrected chi connectivity index (χ2v) is 3.49. The molecule has 0 aliphatic heterocycles. The van der Waals surface area contributed by atoms with Crippen molar-refractivity contribution in [3.63, 3.8) is 0 Å². The van der Waals surface area contributed by atoms with Gasteiger partial charge in [0.25, 0.3) is 0 Å². The van der Waals surface area contributed by atoms with Crippen LogP contribution in [0.25, 0.3) is 0 Å². The summed E-state index contributed by atoms with van der Waals surface area (Å²) < 4.78 is 0. The molecular formula is C13H22. The van der Waals surface area contributed by atoms with E-state index in [9.17, 15) is 0 Å². The van der Waals surface area contributed by atoms with Gasteiger partial charge >= 0.3 is 0 Å². The van der Waals surface area contributed by atoms with E-state index >= 15 is 0 Å². The Morgan fingerprint density at radius 3 is 2.54 bits per heavy atom. The van der Waals surface area contributed by atoms with Crippen LogP contribution in [-0.4, -0.2) is 0 Å². The van der Waals surface area contributed by atoms with Crippen LogP contribution in [-0.2, 0) is 6.42 Å². The van der Waals surface area contributed by atoms with Crippen molar-refractivity contribution in [3.8, 4) is 0 Å². The lowest BCUT2D eigenvalue weighted by Gasteiger charge is -2.21. The molecule has 74 valence electrons. The van der Waals surface area contributed by atoms with Gasteiger partial charge in [0.2, 0.25) is 0 Å². The highest BCUT2D eigenvalue weighted by molar-refractivity contribution is 5.31. The molecule has 0 heterocycles. The van der Waals surface area contributed by atoms with Crippen molar-refractivity contribution in [2.45, 2.75) is 47.0 Å². The third-order valence-electron chi connectivity index (χ3n) is 2.67. The van der Waals surface area contributed by atoms with E-state index in [-0.39, 0.29) is 14.9 Å². The summed E-state index contributed by atoms with van der Waals surface area (Å²) in [5.74, 6) is 0.792. The molecule has 0 saturated carbocycles. The molecule has 0 fully saturated rings. The van der Waals surface area contributed by atoms with Gasteiger partial charge in [0.1, 0.15) is 0 Å². The summed E-state index contributed by atoms with van der Waals surface area (Å²) in [6, 6.07) is 8.85. The highest BCUT2D eigenvalue weighted by Gasteiger charge is 2.14. The number of benzene rings is 1. The van der Waals surface area contributed by atoms with Gasteiger partial charge < -0.3 is 0 Å². The molecule has 0 nitrogen and oxygen atoms in total. The lowest BCUT2D eigenvalue weighted by molar-refractivity contribution is 0.590. The average Bonchev–Trinajstić information content (AvgIpc) is 2.06. The Morgan fingerprint density at radius 2 is 1.85 bits per heavy atom. The molecule has 0 N–H and O–H groups in total. The van der Waals surface area contributed by atoms with E-state index in [1.54, 1.807) is 11.1 Å². The fraction of sp³-hybridized carbons (Fsp3) is 0.538. The standard InChI is InChI=1S/C11H14.2CH4/c1-9-5-4-7-10-6-2-3-8-11(9)10;;/h2-3,6,8-9H,4-5,7H2,1H3;2*1H4. The SMILES string of the molecule is C.C.CC1CCCc2ccccc21. The van der Waals surface area contributed by atoms with E-state index in [0.717, 1.165) is 5.92 Å². The maximum absolute atomic E-state index is 2.33. The molecule has 0 radical (unpaired) electrons. The molecule has 1 unspecified atom stereocenters. The molecule has 0 heteroatoms. The molecule has 2 rings (SSSR count). The van der Waals surface area contributed by atoms with E-state index in [2.05, 4.69) is 31.2 Å². The maximum Gasteiger partial charge on any atom is -0.0188 e. The van der Waals surface area contributed by atoms with Gasteiger partial charge in [-0.2, -0.15) is 0 Å². The number of hydrogen-bond donors (Lipinski definition) is 0. The van der Waals surface area contributed by atoms with Gasteiger partial charge in [0.15, 0.2) is 0 Å². The lowest BCUT2D eigenvalue weighted by atomic mass is 9.84. The van der Waals surface area contributed by atoms with Crippen molar-refractivity contribution in [1.82, 2.24) is 0 Å². The first kappa shape index (κ1) is 12.2. The van der Waals surface area contributed by atoms with Gasteiger partial charge in [-0.15, -0.1) is 0 Å². The van der Waals surface area contributed by atoms with E-state index < -0.39 is 0 Å². The number of hydrogen-bond acceptors (Lipinski definition) is 0. The highest BCUT2D eigenvalue weighted by atomic mass is 14.2. The summed E-state index contributed by atoms with van der Waals surface area (Å²) >= 11 is 0. The fourth-order valence-corrected chi connectivity index (χ4v) is 2.00. The molecule has 0 spiro atoms. The molecule has 1 aliphatic carbocycles. The predicted octanol–water partition coefficient (Wildman–Crippen LogP) is 4.40. The van der Waals surface area contributed by atoms with Crippen LogP contribution in [0.3, 0.4) is 0 Å². The third kappa shape index (κ3) is 2.33. The summed E-state index contributed by atoms with van der Waals surface area (Å²) in [5.41, 5.74) is 3.16. The van der Waals surface area contributed by atoms with Gasteiger partial charge in [0, 0.05) is 0 Å². The first-order valence-electron chi connectivity index (χ1n) is 4.46. The Bertz CT molecular complexity index is 250. The molecule has 1 aromatic rings. The zero-order valence-corrected chi connectivity index (χ0v) is 7.01. The molecule has 0 saturated heterocycles. The minimum absolute atomic E-state index is 0. The van der Waals surface area contributed by atoms with Crippen LogP contribution in [0.5, 0.6) is 0 Å². The van der Waals surface area contributed by atoms with Crippen LogP contribution < -0.4 is 0 Å². The monoisotopic (exact) mass is 178 g/mol. The molecule has 0 amide bonds. The van der Waals surface area contributed by atoms with Crippen LogP contribution in [0, 0.1) is 0 Å². The minimum atomic E-state index is 0. The molecular weight excluding hydrogens is 156 g/mol. The van der Waals surface area contributed by atoms with Crippen LogP contribution in [0.2, 0.25) is 0 Å². The Hall–Kier alpha value is -0.780. The third-order valence-corrected chi connectivity index (χ3v) is 2.67. The van der Waals surface area contributed by atoms with Crippen LogP contribution in [0.4, 0.5) is 0 Å². The largest absolute Gasteiger partial charge is 0.0776 e. The smallest absolute Gasteiger partial charge is 0.0188 e. The second kappa shape index (κ2) is 5.06. The van der Waals surface area contributed by atoms with Crippen molar-refractivity contribution in [2.24, 2.45) is 0 Å². The first-order chi connectivity index (χ1) is 5.38. The Labute approximate surface area is 83.0 Å². The molecule has 1 atom stereocenters. The van der Waals surface area contributed by atoms with Crippen molar-refractivity contribution < 1.29 is 0 Å². The van der Waals surface area contributed by atoms with Gasteiger partial charge in [-0.25, -0.2) is 0 Å². The zero-order chi connectivity index (χ0) is 7.68. The summed E-state index contributed by atoms with van der Waals surface area (Å²) in [6.07, 6.45) is 4.04. The Morgan fingerprint density at radius 1 is 1.15 bits per heavy atom. The summed E-state index contributed by atoms with van der Waals surface area (Å²) in [4.78, 5) is 0. The quantitative estimate of drug-likeness (QED) is 0.552. The minimum Gasteiger partial charge on any atom is -0.0776 e. The molecule has 1 aromatic carbocycles. The molecule has 0 aromatic heterocycles. The number of fused-ring (bicyclic) bond motifs is 1. The number of rotatable bonds is 0. The van der Waals surface area contributed by atoms with Crippen molar-refractivity contribution in [2.75, 3.05) is 0 Å². The van der Waals surface area contributed by atoms with Gasteiger partial charge in [0.05, 0.1) is 0 Å². The normalized spacial score (nSPS) is 19.3. The van der Waals surface area contributed by atoms with E-state index in [1.165, 1.54) is 19.3 Å². The maximum atomic E-state index is 2.33. The second-order valence-electron chi connectivity index (χ2n) is 3.49. The topological polar surface area (TPSA) is 0 Å². The van der Waals surface area contributed by atoms with E-state index in [4.69, 9.17) is 0 Å². The van der Waals surface area contributed by atoms with Crippen LogP contribution in [0.1, 0.15) is 51.7 Å². The lowest BCUT2D eigenvalue weighted by Crippen LogP contribution is -2.05. The van der Waals surface area contributed by atoms with Crippen molar-refractivity contribution in [3.05, 3.63) is 35.4 Å². The van der Waals surface area contributed by atoms with Crippen LogP contribution >= 0.6 is 0 Å². The van der Waals surface area contributed by atoms with E-state index in [0.29, 0.717) is 0 Å². The van der Waals surface area contributed by atoms with E-state index in [1.807, 2.05) is 0 Å². The van der Waals surface area contributed by atoms with Crippen LogP contribution in [0.15, 0.2) is 24.3 Å². The molecule has 1 aliphatic rings. The molecule has 13 heavy (non-hydrogen) atoms. The van der Waals surface area contributed by atoms with Crippen molar-refractivity contribution >= 4 is 0 Å². The zero-order valence-electron chi connectivity index (χ0n) is 7.01. The Kier molecular flexibility index (Phi) is 4.76. The fourth-order valence-electron chi connectivity index (χ4n) is 2.00. The molecule has 0 bridgehead atoms. The summed E-state index contributed by atoms with van der Waals surface area (Å²) in [5, 5.41) is 0. The Balaban J connectivity index is 0.000000720. The first-order valence-corrected chi connectivity index (χ1v) is 4.46. The van der Waals surface area contributed by atoms with Crippen molar-refractivity contribution in [1.29, 1.82) is 0 Å².